The van der Waals surface area contributed by atoms with Crippen molar-refractivity contribution < 1.29 is 14.7 Å². The van der Waals surface area contributed by atoms with Crippen molar-refractivity contribution in [1.29, 1.82) is 0 Å². The Morgan fingerprint density at radius 2 is 2.11 bits per heavy atom. The molecule has 2 aromatic heterocycles. The van der Waals surface area contributed by atoms with Crippen LogP contribution in [-0.2, 0) is 4.84 Å². The molecule has 0 spiro atoms. The van der Waals surface area contributed by atoms with Gasteiger partial charge in [-0.2, -0.15) is 0 Å². The van der Waals surface area contributed by atoms with E-state index in [0.717, 1.165) is 46.3 Å². The van der Waals surface area contributed by atoms with Crippen LogP contribution in [0, 0.1) is 6.92 Å². The van der Waals surface area contributed by atoms with E-state index in [1.165, 1.54) is 5.06 Å². The number of benzene rings is 1. The molecule has 0 atom stereocenters. The van der Waals surface area contributed by atoms with Gasteiger partial charge in [0.25, 0.3) is 0 Å². The number of carbonyl (C=O) groups is 1. The van der Waals surface area contributed by atoms with E-state index >= 15 is 0 Å². The zero-order valence-corrected chi connectivity index (χ0v) is 15.1. The van der Waals surface area contributed by atoms with Crippen LogP contribution in [0.4, 0.5) is 10.5 Å². The van der Waals surface area contributed by atoms with Crippen LogP contribution in [0.5, 0.6) is 0 Å². The highest BCUT2D eigenvalue weighted by Gasteiger charge is 2.22. The highest BCUT2D eigenvalue weighted by molar-refractivity contribution is 5.96. The number of fused-ring (bicyclic) bond motifs is 1. The fourth-order valence-corrected chi connectivity index (χ4v) is 3.62. The van der Waals surface area contributed by atoms with E-state index in [2.05, 4.69) is 46.5 Å². The lowest BCUT2D eigenvalue weighted by molar-refractivity contribution is -0.130. The second-order valence-corrected chi connectivity index (χ2v) is 6.89. The van der Waals surface area contributed by atoms with Crippen LogP contribution < -0.4 is 5.32 Å². The number of pyridine rings is 1. The van der Waals surface area contributed by atoms with Gasteiger partial charge in [0.15, 0.2) is 0 Å². The van der Waals surface area contributed by atoms with Crippen molar-refractivity contribution >= 4 is 22.7 Å². The normalized spacial score (nSPS) is 15.7. The number of aromatic nitrogens is 2. The van der Waals surface area contributed by atoms with Crippen LogP contribution in [-0.4, -0.2) is 45.4 Å². The van der Waals surface area contributed by atoms with Gasteiger partial charge in [-0.25, -0.2) is 4.79 Å². The summed E-state index contributed by atoms with van der Waals surface area (Å²) in [7, 11) is 0. The summed E-state index contributed by atoms with van der Waals surface area (Å²) in [4.78, 5) is 23.1. The van der Waals surface area contributed by atoms with Gasteiger partial charge >= 0.3 is 6.16 Å². The van der Waals surface area contributed by atoms with Crippen molar-refractivity contribution in [2.45, 2.75) is 25.8 Å². The Bertz CT molecular complexity index is 947. The first-order valence-corrected chi connectivity index (χ1v) is 9.04. The summed E-state index contributed by atoms with van der Waals surface area (Å²) in [6.45, 7) is 3.22. The monoisotopic (exact) mass is 366 g/mol. The molecule has 0 radical (unpaired) electrons. The summed E-state index contributed by atoms with van der Waals surface area (Å²) in [5.41, 5.74) is 5.44. The van der Waals surface area contributed by atoms with E-state index in [9.17, 15) is 4.79 Å². The molecule has 0 saturated carbocycles. The van der Waals surface area contributed by atoms with E-state index in [1.54, 1.807) is 6.20 Å². The van der Waals surface area contributed by atoms with Gasteiger partial charge in [0.2, 0.25) is 0 Å². The summed E-state index contributed by atoms with van der Waals surface area (Å²) >= 11 is 0. The van der Waals surface area contributed by atoms with Gasteiger partial charge in [0.05, 0.1) is 11.2 Å². The molecule has 1 aliphatic rings. The van der Waals surface area contributed by atoms with Gasteiger partial charge < -0.3 is 20.2 Å². The minimum atomic E-state index is -1.26. The molecular formula is C20H22N4O3. The van der Waals surface area contributed by atoms with Gasteiger partial charge in [-0.05, 0) is 49.6 Å². The molecule has 140 valence electrons. The summed E-state index contributed by atoms with van der Waals surface area (Å²) in [5.74, 6) is 0. The maximum absolute atomic E-state index is 10.7. The Morgan fingerprint density at radius 3 is 2.81 bits per heavy atom. The standard InChI is InChI=1S/C20H22N4O3/c1-13-9-16-10-15(14-3-2-6-21-12-14)11-18(19(16)22-13)23-17-4-7-24(8-5-17)27-20(25)26/h2-3,6,9-12,17,22-23H,4-5,7-8H2,1H3,(H,25,26). The third-order valence-electron chi connectivity index (χ3n) is 4.88. The van der Waals surface area contributed by atoms with Crippen molar-refractivity contribution in [3.63, 3.8) is 0 Å². The lowest BCUT2D eigenvalue weighted by Crippen LogP contribution is -2.40. The first-order valence-electron chi connectivity index (χ1n) is 9.04. The van der Waals surface area contributed by atoms with Gasteiger partial charge in [-0.1, -0.05) is 6.07 Å². The molecule has 7 heteroatoms. The Balaban J connectivity index is 1.58. The second-order valence-electron chi connectivity index (χ2n) is 6.89. The number of nitrogens with one attached hydrogen (secondary N) is 2. The smallest absolute Gasteiger partial charge is 0.448 e. The van der Waals surface area contributed by atoms with Crippen LogP contribution in [0.15, 0.2) is 42.7 Å². The third-order valence-corrected chi connectivity index (χ3v) is 4.88. The molecule has 7 nitrogen and oxygen atoms in total. The van der Waals surface area contributed by atoms with Crippen LogP contribution in [0.3, 0.4) is 0 Å². The lowest BCUT2D eigenvalue weighted by atomic mass is 10.0. The molecule has 27 heavy (non-hydrogen) atoms. The average Bonchev–Trinajstić information content (AvgIpc) is 3.04. The molecule has 3 N–H and O–H groups in total. The molecule has 3 heterocycles. The molecule has 3 aromatic rings. The van der Waals surface area contributed by atoms with Crippen molar-refractivity contribution in [2.75, 3.05) is 18.4 Å². The molecule has 0 aliphatic carbocycles. The molecule has 1 aliphatic heterocycles. The molecule has 0 unspecified atom stereocenters. The molecular weight excluding hydrogens is 344 g/mol. The summed E-state index contributed by atoms with van der Waals surface area (Å²) in [6.07, 6.45) is 4.01. The zero-order chi connectivity index (χ0) is 18.8. The van der Waals surface area contributed by atoms with E-state index in [4.69, 9.17) is 9.94 Å². The predicted molar refractivity (Wildman–Crippen MR) is 104 cm³/mol. The van der Waals surface area contributed by atoms with Gasteiger partial charge in [-0.3, -0.25) is 4.98 Å². The SMILES string of the molecule is Cc1cc2cc(-c3cccnc3)cc(NC3CCN(OC(=O)O)CC3)c2[nH]1. The first-order chi connectivity index (χ1) is 13.1. The van der Waals surface area contributed by atoms with Crippen molar-refractivity contribution in [3.05, 3.63) is 48.4 Å². The van der Waals surface area contributed by atoms with Crippen LogP contribution >= 0.6 is 0 Å². The number of H-pyrrole nitrogens is 1. The van der Waals surface area contributed by atoms with Crippen LogP contribution in [0.2, 0.25) is 0 Å². The first kappa shape index (κ1) is 17.4. The molecule has 1 aromatic carbocycles. The van der Waals surface area contributed by atoms with Gasteiger partial charge in [0.1, 0.15) is 0 Å². The summed E-state index contributed by atoms with van der Waals surface area (Å²) in [5, 5.41) is 15.0. The average molecular weight is 366 g/mol. The number of hydrogen-bond acceptors (Lipinski definition) is 5. The fraction of sp³-hybridized carbons (Fsp3) is 0.300. The minimum Gasteiger partial charge on any atom is -0.448 e. The maximum atomic E-state index is 10.7. The van der Waals surface area contributed by atoms with E-state index in [1.807, 2.05) is 12.3 Å². The Morgan fingerprint density at radius 1 is 1.30 bits per heavy atom. The number of rotatable bonds is 4. The fourth-order valence-electron chi connectivity index (χ4n) is 3.62. The Hall–Kier alpha value is -3.06. The second kappa shape index (κ2) is 7.28. The van der Waals surface area contributed by atoms with E-state index in [-0.39, 0.29) is 6.04 Å². The summed E-state index contributed by atoms with van der Waals surface area (Å²) < 4.78 is 0. The lowest BCUT2D eigenvalue weighted by Gasteiger charge is -2.30. The van der Waals surface area contributed by atoms with E-state index in [0.29, 0.717) is 13.1 Å². The molecule has 4 rings (SSSR count). The number of piperidine rings is 1. The number of anilines is 1. The zero-order valence-electron chi connectivity index (χ0n) is 15.1. The molecule has 1 saturated heterocycles. The van der Waals surface area contributed by atoms with Gasteiger partial charge in [-0.15, -0.1) is 5.06 Å². The number of hydroxylamine groups is 2. The van der Waals surface area contributed by atoms with Crippen molar-refractivity contribution in [1.82, 2.24) is 15.0 Å². The number of nitrogens with zero attached hydrogens (tertiary/aromatic N) is 2. The number of aromatic amines is 1. The Labute approximate surface area is 156 Å². The van der Waals surface area contributed by atoms with Crippen LogP contribution in [0.25, 0.3) is 22.0 Å². The quantitative estimate of drug-likeness (QED) is 0.646. The highest BCUT2D eigenvalue weighted by atomic mass is 16.8. The number of hydrogen-bond donors (Lipinski definition) is 3. The summed E-state index contributed by atoms with van der Waals surface area (Å²) in [6, 6.07) is 10.7. The molecule has 0 amide bonds. The van der Waals surface area contributed by atoms with E-state index < -0.39 is 6.16 Å². The minimum absolute atomic E-state index is 0.259. The van der Waals surface area contributed by atoms with Crippen molar-refractivity contribution in [2.24, 2.45) is 0 Å². The molecule has 0 bridgehead atoms. The topological polar surface area (TPSA) is 90.5 Å². The third kappa shape index (κ3) is 3.88. The predicted octanol–water partition coefficient (Wildman–Crippen LogP) is 4.02. The Kier molecular flexibility index (Phi) is 4.68. The maximum Gasteiger partial charge on any atom is 0.525 e. The van der Waals surface area contributed by atoms with Crippen molar-refractivity contribution in [3.8, 4) is 11.1 Å². The highest BCUT2D eigenvalue weighted by Crippen LogP contribution is 2.32. The molecule has 1 fully saturated rings. The van der Waals surface area contributed by atoms with Crippen LogP contribution in [0.1, 0.15) is 18.5 Å². The number of aryl methyl sites for hydroxylation is 1. The van der Waals surface area contributed by atoms with Gasteiger partial charge in [0, 0.05) is 48.2 Å². The number of carboxylic acid groups (broad SMARTS) is 1. The largest absolute Gasteiger partial charge is 0.525 e.